The molecule has 3 aliphatic rings. The van der Waals surface area contributed by atoms with Crippen molar-refractivity contribution in [1.29, 1.82) is 0 Å². The van der Waals surface area contributed by atoms with Gasteiger partial charge in [0.1, 0.15) is 0 Å². The fourth-order valence-corrected chi connectivity index (χ4v) is 3.84. The van der Waals surface area contributed by atoms with Crippen molar-refractivity contribution in [3.05, 3.63) is 0 Å². The lowest BCUT2D eigenvalue weighted by molar-refractivity contribution is -0.130. The summed E-state index contributed by atoms with van der Waals surface area (Å²) < 4.78 is 6.02. The highest BCUT2D eigenvalue weighted by atomic mass is 16.5. The number of hydrogen-bond donors (Lipinski definition) is 1. The van der Waals surface area contributed by atoms with Crippen molar-refractivity contribution in [2.24, 2.45) is 11.8 Å². The van der Waals surface area contributed by atoms with Gasteiger partial charge in [-0.2, -0.15) is 0 Å². The zero-order valence-electron chi connectivity index (χ0n) is 9.84. The molecule has 0 aromatic carbocycles. The van der Waals surface area contributed by atoms with E-state index in [-0.39, 0.29) is 11.5 Å². The van der Waals surface area contributed by atoms with Crippen molar-refractivity contribution in [3.63, 3.8) is 0 Å². The van der Waals surface area contributed by atoms with Crippen LogP contribution in [0.1, 0.15) is 44.9 Å². The Morgan fingerprint density at radius 1 is 1.25 bits per heavy atom. The van der Waals surface area contributed by atoms with E-state index in [1.54, 1.807) is 0 Å². The highest BCUT2D eigenvalue weighted by molar-refractivity contribution is 5.80. The van der Waals surface area contributed by atoms with E-state index < -0.39 is 0 Å². The van der Waals surface area contributed by atoms with Gasteiger partial charge in [0, 0.05) is 19.1 Å². The second kappa shape index (κ2) is 4.02. The van der Waals surface area contributed by atoms with Gasteiger partial charge in [-0.05, 0) is 38.0 Å². The van der Waals surface area contributed by atoms with E-state index in [1.807, 2.05) is 0 Å². The number of ether oxygens (including phenoxy) is 1. The minimum Gasteiger partial charge on any atom is -0.375 e. The van der Waals surface area contributed by atoms with Crippen molar-refractivity contribution < 1.29 is 9.53 Å². The topological polar surface area (TPSA) is 38.3 Å². The third-order valence-electron chi connectivity index (χ3n) is 4.71. The maximum atomic E-state index is 11.7. The molecule has 3 fully saturated rings. The Balaban J connectivity index is 1.69. The maximum absolute atomic E-state index is 11.7. The van der Waals surface area contributed by atoms with Crippen LogP contribution in [0.25, 0.3) is 0 Å². The van der Waals surface area contributed by atoms with Gasteiger partial charge >= 0.3 is 0 Å². The first kappa shape index (κ1) is 10.6. The highest BCUT2D eigenvalue weighted by Crippen LogP contribution is 2.44. The summed E-state index contributed by atoms with van der Waals surface area (Å²) in [5.74, 6) is 1.15. The van der Waals surface area contributed by atoms with E-state index in [4.69, 9.17) is 4.74 Å². The monoisotopic (exact) mass is 223 g/mol. The third-order valence-corrected chi connectivity index (χ3v) is 4.71. The summed E-state index contributed by atoms with van der Waals surface area (Å²) in [4.78, 5) is 11.7. The van der Waals surface area contributed by atoms with E-state index in [1.165, 1.54) is 25.7 Å². The number of amides is 1. The predicted octanol–water partition coefficient (Wildman–Crippen LogP) is 1.86. The number of rotatable bonds is 1. The van der Waals surface area contributed by atoms with Gasteiger partial charge in [-0.3, -0.25) is 4.79 Å². The van der Waals surface area contributed by atoms with Crippen molar-refractivity contribution in [1.82, 2.24) is 5.32 Å². The zero-order valence-corrected chi connectivity index (χ0v) is 9.84. The molecule has 1 aliphatic carbocycles. The van der Waals surface area contributed by atoms with Gasteiger partial charge in [0.25, 0.3) is 0 Å². The molecule has 2 atom stereocenters. The molecule has 3 rings (SSSR count). The third kappa shape index (κ3) is 1.75. The Kier molecular flexibility index (Phi) is 2.66. The molecule has 1 amide bonds. The number of carbonyl (C=O) groups is 1. The fraction of sp³-hybridized carbons (Fsp3) is 0.923. The summed E-state index contributed by atoms with van der Waals surface area (Å²) in [6.45, 7) is 1.75. The largest absolute Gasteiger partial charge is 0.375 e. The Morgan fingerprint density at radius 3 is 2.75 bits per heavy atom. The maximum Gasteiger partial charge on any atom is 0.223 e. The van der Waals surface area contributed by atoms with Gasteiger partial charge in [0.15, 0.2) is 0 Å². The van der Waals surface area contributed by atoms with Crippen LogP contribution in [0.2, 0.25) is 0 Å². The molecular weight excluding hydrogens is 202 g/mol. The van der Waals surface area contributed by atoms with Gasteiger partial charge in [-0.1, -0.05) is 12.8 Å². The van der Waals surface area contributed by atoms with Crippen LogP contribution in [-0.4, -0.2) is 24.7 Å². The molecule has 3 heteroatoms. The Morgan fingerprint density at radius 2 is 2.06 bits per heavy atom. The highest BCUT2D eigenvalue weighted by Gasteiger charge is 2.44. The van der Waals surface area contributed by atoms with Crippen molar-refractivity contribution in [2.45, 2.75) is 50.5 Å². The molecule has 16 heavy (non-hydrogen) atoms. The van der Waals surface area contributed by atoms with E-state index in [2.05, 4.69) is 5.32 Å². The molecule has 2 heterocycles. The van der Waals surface area contributed by atoms with Crippen LogP contribution >= 0.6 is 0 Å². The van der Waals surface area contributed by atoms with Crippen molar-refractivity contribution in [2.75, 3.05) is 13.2 Å². The zero-order chi connectivity index (χ0) is 11.0. The minimum atomic E-state index is 0.159. The van der Waals surface area contributed by atoms with Crippen LogP contribution < -0.4 is 5.32 Å². The fourth-order valence-electron chi connectivity index (χ4n) is 3.84. The lowest BCUT2D eigenvalue weighted by atomic mass is 9.77. The Labute approximate surface area is 96.9 Å². The van der Waals surface area contributed by atoms with Gasteiger partial charge in [0.05, 0.1) is 5.60 Å². The molecule has 2 saturated heterocycles. The standard InChI is InChI=1S/C13H21NO2/c15-12-11(3-7-14-12)10-4-8-16-13(9-10)5-1-2-6-13/h10-11H,1-9H2,(H,14,15). The average molecular weight is 223 g/mol. The van der Waals surface area contributed by atoms with Gasteiger partial charge < -0.3 is 10.1 Å². The van der Waals surface area contributed by atoms with Crippen LogP contribution in [0.5, 0.6) is 0 Å². The van der Waals surface area contributed by atoms with Gasteiger partial charge in [-0.25, -0.2) is 0 Å². The summed E-state index contributed by atoms with van der Waals surface area (Å²) in [6, 6.07) is 0. The second-order valence-electron chi connectivity index (χ2n) is 5.68. The number of hydrogen-bond acceptors (Lipinski definition) is 2. The van der Waals surface area contributed by atoms with E-state index >= 15 is 0 Å². The normalized spacial score (nSPS) is 37.9. The molecule has 0 bridgehead atoms. The Bertz CT molecular complexity index is 284. The minimum absolute atomic E-state index is 0.159. The van der Waals surface area contributed by atoms with Crippen LogP contribution in [0.3, 0.4) is 0 Å². The first-order chi connectivity index (χ1) is 7.79. The smallest absolute Gasteiger partial charge is 0.223 e. The van der Waals surface area contributed by atoms with E-state index in [0.29, 0.717) is 11.8 Å². The Hall–Kier alpha value is -0.570. The number of carbonyl (C=O) groups excluding carboxylic acids is 1. The van der Waals surface area contributed by atoms with Crippen LogP contribution in [0, 0.1) is 11.8 Å². The summed E-state index contributed by atoms with van der Waals surface area (Å²) in [5.41, 5.74) is 0.159. The molecule has 1 spiro atoms. The quantitative estimate of drug-likeness (QED) is 0.737. The molecule has 3 nitrogen and oxygen atoms in total. The molecule has 0 radical (unpaired) electrons. The van der Waals surface area contributed by atoms with E-state index in [0.717, 1.165) is 32.4 Å². The van der Waals surface area contributed by atoms with Crippen molar-refractivity contribution in [3.8, 4) is 0 Å². The molecule has 90 valence electrons. The molecule has 2 aliphatic heterocycles. The predicted molar refractivity (Wildman–Crippen MR) is 61.0 cm³/mol. The van der Waals surface area contributed by atoms with Crippen LogP contribution in [-0.2, 0) is 9.53 Å². The lowest BCUT2D eigenvalue weighted by Crippen LogP contribution is -2.41. The first-order valence-corrected chi connectivity index (χ1v) is 6.71. The SMILES string of the molecule is O=C1NCCC1C1CCOC2(CCCC2)C1. The molecular formula is C13H21NO2. The molecule has 0 aromatic rings. The van der Waals surface area contributed by atoms with Crippen LogP contribution in [0.15, 0.2) is 0 Å². The van der Waals surface area contributed by atoms with E-state index in [9.17, 15) is 4.79 Å². The first-order valence-electron chi connectivity index (χ1n) is 6.71. The lowest BCUT2D eigenvalue weighted by Gasteiger charge is -2.39. The molecule has 0 aromatic heterocycles. The summed E-state index contributed by atoms with van der Waals surface area (Å²) in [7, 11) is 0. The molecule has 1 N–H and O–H groups in total. The summed E-state index contributed by atoms with van der Waals surface area (Å²) >= 11 is 0. The van der Waals surface area contributed by atoms with Crippen LogP contribution in [0.4, 0.5) is 0 Å². The van der Waals surface area contributed by atoms with Crippen molar-refractivity contribution >= 4 is 5.91 Å². The van der Waals surface area contributed by atoms with Gasteiger partial charge in [0.2, 0.25) is 5.91 Å². The second-order valence-corrected chi connectivity index (χ2v) is 5.68. The molecule has 2 unspecified atom stereocenters. The summed E-state index contributed by atoms with van der Waals surface area (Å²) in [6.07, 6.45) is 8.31. The molecule has 1 saturated carbocycles. The van der Waals surface area contributed by atoms with Gasteiger partial charge in [-0.15, -0.1) is 0 Å². The average Bonchev–Trinajstić information content (AvgIpc) is 2.88. The summed E-state index contributed by atoms with van der Waals surface area (Å²) in [5, 5.41) is 2.97. The number of nitrogens with one attached hydrogen (secondary N) is 1.